The maximum atomic E-state index is 11.8. The minimum atomic E-state index is 0. The van der Waals surface area contributed by atoms with Crippen molar-refractivity contribution in [2.45, 2.75) is 70.6 Å². The third-order valence-electron chi connectivity index (χ3n) is 5.22. The van der Waals surface area contributed by atoms with E-state index in [0.29, 0.717) is 0 Å². The number of rotatable bonds is 6. The van der Waals surface area contributed by atoms with E-state index in [9.17, 15) is 4.79 Å². The van der Waals surface area contributed by atoms with Crippen LogP contribution in [-0.2, 0) is 19.3 Å². The number of halogens is 1. The highest BCUT2D eigenvalue weighted by Crippen LogP contribution is 2.21. The first-order valence-corrected chi connectivity index (χ1v) is 9.16. The van der Waals surface area contributed by atoms with Gasteiger partial charge in [-0.2, -0.15) is 5.10 Å². The standard InChI is InChI=1S/C18H29N3O.ClH/c22-18-16-10-5-4-9-15(16)17(19-20-18)11-3-1-6-12-21-13-7-2-8-14-21;/h1-14H2,(H,20,22);1H. The van der Waals surface area contributed by atoms with E-state index in [-0.39, 0.29) is 18.0 Å². The van der Waals surface area contributed by atoms with Crippen LogP contribution >= 0.6 is 12.4 Å². The Morgan fingerprint density at radius 1 is 0.913 bits per heavy atom. The van der Waals surface area contributed by atoms with Crippen molar-refractivity contribution >= 4 is 12.4 Å². The van der Waals surface area contributed by atoms with Gasteiger partial charge in [-0.15, -0.1) is 12.4 Å². The summed E-state index contributed by atoms with van der Waals surface area (Å²) in [6.07, 6.45) is 13.3. The van der Waals surface area contributed by atoms with E-state index in [1.54, 1.807) is 0 Å². The third kappa shape index (κ3) is 5.05. The maximum absolute atomic E-state index is 11.8. The molecule has 1 saturated heterocycles. The maximum Gasteiger partial charge on any atom is 0.267 e. The van der Waals surface area contributed by atoms with Crippen LogP contribution in [0.3, 0.4) is 0 Å². The second-order valence-electron chi connectivity index (χ2n) is 6.88. The number of nitrogens with zero attached hydrogens (tertiary/aromatic N) is 2. The molecule has 2 heterocycles. The Balaban J connectivity index is 0.00000192. The Morgan fingerprint density at radius 2 is 1.65 bits per heavy atom. The van der Waals surface area contributed by atoms with Gasteiger partial charge in [0.2, 0.25) is 0 Å². The Hall–Kier alpha value is -0.870. The summed E-state index contributed by atoms with van der Waals surface area (Å²) in [7, 11) is 0. The fourth-order valence-electron chi connectivity index (χ4n) is 3.92. The van der Waals surface area contributed by atoms with Crippen LogP contribution in [0.15, 0.2) is 4.79 Å². The number of aromatic nitrogens is 2. The molecule has 1 aliphatic heterocycles. The predicted molar refractivity (Wildman–Crippen MR) is 96.6 cm³/mol. The molecule has 5 heteroatoms. The Labute approximate surface area is 145 Å². The van der Waals surface area contributed by atoms with Crippen molar-refractivity contribution in [2.24, 2.45) is 0 Å². The molecular weight excluding hydrogens is 310 g/mol. The molecule has 0 unspecified atom stereocenters. The highest BCUT2D eigenvalue weighted by molar-refractivity contribution is 5.85. The van der Waals surface area contributed by atoms with E-state index >= 15 is 0 Å². The molecular formula is C18H30ClN3O. The molecule has 1 N–H and O–H groups in total. The van der Waals surface area contributed by atoms with Crippen LogP contribution in [0.25, 0.3) is 0 Å². The van der Waals surface area contributed by atoms with Gasteiger partial charge in [-0.05, 0) is 83.0 Å². The van der Waals surface area contributed by atoms with Gasteiger partial charge in [0.1, 0.15) is 0 Å². The van der Waals surface area contributed by atoms with Crippen LogP contribution in [0.1, 0.15) is 68.2 Å². The lowest BCUT2D eigenvalue weighted by molar-refractivity contribution is 0.224. The largest absolute Gasteiger partial charge is 0.303 e. The highest BCUT2D eigenvalue weighted by atomic mass is 35.5. The SMILES string of the molecule is Cl.O=c1[nH]nc(CCCCCN2CCCCC2)c2c1CCCC2. The van der Waals surface area contributed by atoms with Crippen molar-refractivity contribution in [2.75, 3.05) is 19.6 Å². The monoisotopic (exact) mass is 339 g/mol. The molecule has 23 heavy (non-hydrogen) atoms. The van der Waals surface area contributed by atoms with Gasteiger partial charge < -0.3 is 4.90 Å². The molecule has 0 aromatic carbocycles. The summed E-state index contributed by atoms with van der Waals surface area (Å²) in [5.41, 5.74) is 3.49. The summed E-state index contributed by atoms with van der Waals surface area (Å²) < 4.78 is 0. The van der Waals surface area contributed by atoms with E-state index in [1.807, 2.05) is 0 Å². The van der Waals surface area contributed by atoms with Crippen LogP contribution < -0.4 is 5.56 Å². The first-order valence-electron chi connectivity index (χ1n) is 9.16. The highest BCUT2D eigenvalue weighted by Gasteiger charge is 2.17. The summed E-state index contributed by atoms with van der Waals surface area (Å²) in [5, 5.41) is 7.04. The molecule has 0 amide bonds. The topological polar surface area (TPSA) is 49.0 Å². The summed E-state index contributed by atoms with van der Waals surface area (Å²) in [6.45, 7) is 3.86. The molecule has 4 nitrogen and oxygen atoms in total. The van der Waals surface area contributed by atoms with Crippen LogP contribution in [0.5, 0.6) is 0 Å². The fourth-order valence-corrected chi connectivity index (χ4v) is 3.92. The van der Waals surface area contributed by atoms with E-state index in [4.69, 9.17) is 0 Å². The molecule has 0 bridgehead atoms. The van der Waals surface area contributed by atoms with E-state index in [2.05, 4.69) is 15.1 Å². The number of aromatic amines is 1. The quantitative estimate of drug-likeness (QED) is 0.809. The number of unbranched alkanes of at least 4 members (excludes halogenated alkanes) is 2. The van der Waals surface area contributed by atoms with E-state index < -0.39 is 0 Å². The summed E-state index contributed by atoms with van der Waals surface area (Å²) in [5.74, 6) is 0. The van der Waals surface area contributed by atoms with Crippen molar-refractivity contribution in [1.82, 2.24) is 15.1 Å². The smallest absolute Gasteiger partial charge is 0.267 e. The molecule has 2 aliphatic rings. The summed E-state index contributed by atoms with van der Waals surface area (Å²) in [6, 6.07) is 0. The van der Waals surface area contributed by atoms with Crippen molar-refractivity contribution in [1.29, 1.82) is 0 Å². The van der Waals surface area contributed by atoms with Gasteiger partial charge >= 0.3 is 0 Å². The van der Waals surface area contributed by atoms with Gasteiger partial charge in [0.25, 0.3) is 5.56 Å². The predicted octanol–water partition coefficient (Wildman–Crippen LogP) is 3.27. The van der Waals surface area contributed by atoms with Gasteiger partial charge in [0.15, 0.2) is 0 Å². The number of hydrogen-bond acceptors (Lipinski definition) is 3. The van der Waals surface area contributed by atoms with Crippen LogP contribution in [0, 0.1) is 0 Å². The van der Waals surface area contributed by atoms with E-state index in [1.165, 1.54) is 70.1 Å². The van der Waals surface area contributed by atoms with Crippen molar-refractivity contribution < 1.29 is 0 Å². The number of aryl methyl sites for hydroxylation is 1. The van der Waals surface area contributed by atoms with E-state index in [0.717, 1.165) is 36.9 Å². The number of hydrogen-bond donors (Lipinski definition) is 1. The number of H-pyrrole nitrogens is 1. The molecule has 1 aliphatic carbocycles. The Kier molecular flexibility index (Phi) is 7.57. The van der Waals surface area contributed by atoms with Crippen molar-refractivity contribution in [3.8, 4) is 0 Å². The normalized spacial score (nSPS) is 18.3. The molecule has 1 fully saturated rings. The lowest BCUT2D eigenvalue weighted by atomic mass is 9.90. The van der Waals surface area contributed by atoms with Gasteiger partial charge in [0.05, 0.1) is 5.69 Å². The van der Waals surface area contributed by atoms with Crippen LogP contribution in [0.4, 0.5) is 0 Å². The molecule has 1 aromatic heterocycles. The molecule has 0 radical (unpaired) electrons. The zero-order valence-electron chi connectivity index (χ0n) is 14.1. The minimum absolute atomic E-state index is 0. The van der Waals surface area contributed by atoms with Crippen LogP contribution in [0.2, 0.25) is 0 Å². The van der Waals surface area contributed by atoms with Gasteiger partial charge in [-0.1, -0.05) is 12.8 Å². The molecule has 0 saturated carbocycles. The summed E-state index contributed by atoms with van der Waals surface area (Å²) >= 11 is 0. The average molecular weight is 340 g/mol. The average Bonchev–Trinajstić information content (AvgIpc) is 2.58. The number of fused-ring (bicyclic) bond motifs is 1. The minimum Gasteiger partial charge on any atom is -0.303 e. The zero-order valence-corrected chi connectivity index (χ0v) is 14.9. The second-order valence-corrected chi connectivity index (χ2v) is 6.88. The van der Waals surface area contributed by atoms with Crippen LogP contribution in [-0.4, -0.2) is 34.7 Å². The molecule has 130 valence electrons. The molecule has 1 aromatic rings. The Morgan fingerprint density at radius 3 is 2.43 bits per heavy atom. The number of piperidine rings is 1. The van der Waals surface area contributed by atoms with Gasteiger partial charge in [-0.3, -0.25) is 4.79 Å². The molecule has 0 atom stereocenters. The number of nitrogens with one attached hydrogen (secondary N) is 1. The first-order chi connectivity index (χ1) is 10.8. The fraction of sp³-hybridized carbons (Fsp3) is 0.778. The first kappa shape index (κ1) is 18.5. The zero-order chi connectivity index (χ0) is 15.2. The van der Waals surface area contributed by atoms with Crippen molar-refractivity contribution in [3.63, 3.8) is 0 Å². The summed E-state index contributed by atoms with van der Waals surface area (Å²) in [4.78, 5) is 14.5. The molecule has 3 rings (SSSR count). The Bertz CT molecular complexity index is 538. The van der Waals surface area contributed by atoms with Gasteiger partial charge in [-0.25, -0.2) is 5.10 Å². The van der Waals surface area contributed by atoms with Crippen molar-refractivity contribution in [3.05, 3.63) is 27.2 Å². The molecule has 0 spiro atoms. The lowest BCUT2D eigenvalue weighted by Gasteiger charge is -2.26. The second kappa shape index (κ2) is 9.43. The third-order valence-corrected chi connectivity index (χ3v) is 5.22. The lowest BCUT2D eigenvalue weighted by Crippen LogP contribution is -2.30. The van der Waals surface area contributed by atoms with Gasteiger partial charge in [0, 0.05) is 5.56 Å². The number of likely N-dealkylation sites (tertiary alicyclic amines) is 1.